The number of carbonyl (C=O) groups is 1. The number of likely N-dealkylation sites (tertiary alicyclic amines) is 1. The minimum atomic E-state index is -0.855. The van der Waals surface area contributed by atoms with Gasteiger partial charge in [-0.3, -0.25) is 9.69 Å². The van der Waals surface area contributed by atoms with Gasteiger partial charge >= 0.3 is 0 Å². The van der Waals surface area contributed by atoms with Crippen LogP contribution in [0.25, 0.3) is 0 Å². The quantitative estimate of drug-likeness (QED) is 0.845. The first kappa shape index (κ1) is 12.0. The third-order valence-electron chi connectivity index (χ3n) is 3.29. The van der Waals surface area contributed by atoms with Gasteiger partial charge in [-0.2, -0.15) is 0 Å². The molecule has 1 saturated heterocycles. The summed E-state index contributed by atoms with van der Waals surface area (Å²) in [5.41, 5.74) is 5.98. The van der Waals surface area contributed by atoms with Crippen LogP contribution >= 0.6 is 0 Å². The number of rotatable bonds is 2. The van der Waals surface area contributed by atoms with Gasteiger partial charge in [0.05, 0.1) is 6.04 Å². The molecule has 3 nitrogen and oxygen atoms in total. The highest BCUT2D eigenvalue weighted by molar-refractivity contribution is 5.80. The van der Waals surface area contributed by atoms with Crippen LogP contribution in [0.3, 0.4) is 0 Å². The Balaban J connectivity index is 2.19. The van der Waals surface area contributed by atoms with Gasteiger partial charge in [-0.25, -0.2) is 8.78 Å². The summed E-state index contributed by atoms with van der Waals surface area (Å²) >= 11 is 0. The van der Waals surface area contributed by atoms with E-state index in [4.69, 9.17) is 5.73 Å². The molecule has 0 aromatic heterocycles. The molecule has 2 atom stereocenters. The molecular weight excluding hydrogens is 226 g/mol. The highest BCUT2D eigenvalue weighted by Gasteiger charge is 2.34. The Kier molecular flexibility index (Phi) is 3.11. The summed E-state index contributed by atoms with van der Waals surface area (Å²) in [7, 11) is 1.80. The van der Waals surface area contributed by atoms with E-state index in [9.17, 15) is 13.6 Å². The summed E-state index contributed by atoms with van der Waals surface area (Å²) < 4.78 is 25.9. The minimum absolute atomic E-state index is 0.0209. The molecule has 1 heterocycles. The van der Waals surface area contributed by atoms with Crippen LogP contribution in [0.15, 0.2) is 18.2 Å². The van der Waals surface area contributed by atoms with Gasteiger partial charge in [-0.1, -0.05) is 6.07 Å². The monoisotopic (exact) mass is 240 g/mol. The van der Waals surface area contributed by atoms with Crippen LogP contribution in [-0.4, -0.2) is 30.4 Å². The average molecular weight is 240 g/mol. The molecule has 2 N–H and O–H groups in total. The van der Waals surface area contributed by atoms with Crippen LogP contribution in [0.5, 0.6) is 0 Å². The molecule has 2 rings (SSSR count). The van der Waals surface area contributed by atoms with Gasteiger partial charge in [-0.05, 0) is 37.1 Å². The van der Waals surface area contributed by atoms with Crippen LogP contribution < -0.4 is 5.73 Å². The van der Waals surface area contributed by atoms with Gasteiger partial charge in [0.2, 0.25) is 5.91 Å². The molecule has 0 spiro atoms. The number of carbonyl (C=O) groups excluding carboxylic acids is 1. The number of likely N-dealkylation sites (N-methyl/N-ethyl adjacent to an activating group) is 1. The molecular formula is C12H14F2N2O. The van der Waals surface area contributed by atoms with Crippen LogP contribution in [-0.2, 0) is 4.79 Å². The van der Waals surface area contributed by atoms with Crippen molar-refractivity contribution in [3.8, 4) is 0 Å². The molecule has 1 aromatic carbocycles. The average Bonchev–Trinajstić information content (AvgIpc) is 2.64. The van der Waals surface area contributed by atoms with Gasteiger partial charge in [0.25, 0.3) is 0 Å². The molecule has 0 saturated carbocycles. The van der Waals surface area contributed by atoms with E-state index >= 15 is 0 Å². The molecule has 92 valence electrons. The molecule has 0 radical (unpaired) electrons. The Morgan fingerprint density at radius 2 is 2.12 bits per heavy atom. The van der Waals surface area contributed by atoms with Crippen molar-refractivity contribution in [2.24, 2.45) is 5.73 Å². The first-order valence-corrected chi connectivity index (χ1v) is 5.43. The van der Waals surface area contributed by atoms with E-state index in [0.717, 1.165) is 6.07 Å². The largest absolute Gasteiger partial charge is 0.368 e. The number of benzene rings is 1. The molecule has 0 bridgehead atoms. The van der Waals surface area contributed by atoms with E-state index in [1.807, 2.05) is 4.90 Å². The van der Waals surface area contributed by atoms with Gasteiger partial charge in [-0.15, -0.1) is 0 Å². The summed E-state index contributed by atoms with van der Waals surface area (Å²) in [6, 6.07) is 3.54. The maximum absolute atomic E-state index is 13.1. The highest BCUT2D eigenvalue weighted by Crippen LogP contribution is 2.31. The molecule has 5 heteroatoms. The van der Waals surface area contributed by atoms with Gasteiger partial charge in [0.15, 0.2) is 11.6 Å². The number of amides is 1. The summed E-state index contributed by atoms with van der Waals surface area (Å²) in [6.45, 7) is 0.624. The summed E-state index contributed by atoms with van der Waals surface area (Å²) in [4.78, 5) is 13.0. The fourth-order valence-electron chi connectivity index (χ4n) is 2.34. The van der Waals surface area contributed by atoms with Crippen LogP contribution in [0.1, 0.15) is 17.9 Å². The van der Waals surface area contributed by atoms with E-state index in [-0.39, 0.29) is 17.9 Å². The number of nitrogens with two attached hydrogens (primary N) is 1. The molecule has 0 aliphatic carbocycles. The normalized spacial score (nSPS) is 25.1. The molecule has 1 fully saturated rings. The second kappa shape index (κ2) is 4.41. The maximum Gasteiger partial charge on any atom is 0.234 e. The van der Waals surface area contributed by atoms with Gasteiger partial charge < -0.3 is 5.73 Å². The predicted molar refractivity (Wildman–Crippen MR) is 59.3 cm³/mol. The van der Waals surface area contributed by atoms with E-state index in [0.29, 0.717) is 18.5 Å². The Hall–Kier alpha value is -1.49. The van der Waals surface area contributed by atoms with Crippen molar-refractivity contribution >= 4 is 5.91 Å². The lowest BCUT2D eigenvalue weighted by atomic mass is 9.96. The zero-order chi connectivity index (χ0) is 12.6. The Labute approximate surface area is 98.2 Å². The van der Waals surface area contributed by atoms with Crippen molar-refractivity contribution in [3.05, 3.63) is 35.4 Å². The molecule has 1 amide bonds. The number of halogens is 2. The number of hydrogen-bond acceptors (Lipinski definition) is 2. The zero-order valence-corrected chi connectivity index (χ0v) is 9.49. The predicted octanol–water partition coefficient (Wildman–Crippen LogP) is 1.24. The Bertz CT molecular complexity index is 450. The summed E-state index contributed by atoms with van der Waals surface area (Å²) in [6.07, 6.45) is 0.552. The maximum atomic E-state index is 13.1. The van der Waals surface area contributed by atoms with Crippen LogP contribution in [0, 0.1) is 11.6 Å². The number of nitrogens with zero attached hydrogens (tertiary/aromatic N) is 1. The molecule has 17 heavy (non-hydrogen) atoms. The van der Waals surface area contributed by atoms with Gasteiger partial charge in [0, 0.05) is 6.54 Å². The third kappa shape index (κ3) is 2.29. The summed E-state index contributed by atoms with van der Waals surface area (Å²) in [5, 5.41) is 0. The third-order valence-corrected chi connectivity index (χ3v) is 3.29. The van der Waals surface area contributed by atoms with Crippen LogP contribution in [0.4, 0.5) is 8.78 Å². The van der Waals surface area contributed by atoms with Crippen molar-refractivity contribution in [1.29, 1.82) is 0 Å². The molecule has 1 aliphatic rings. The lowest BCUT2D eigenvalue weighted by molar-refractivity contribution is -0.121. The van der Waals surface area contributed by atoms with Crippen molar-refractivity contribution in [2.45, 2.75) is 18.4 Å². The standard InChI is InChI=1S/C12H14F2N2O/c1-16-6-8(5-11(16)12(15)17)7-2-3-9(13)10(14)4-7/h2-4,8,11H,5-6H2,1H3,(H2,15,17). The zero-order valence-electron chi connectivity index (χ0n) is 9.49. The van der Waals surface area contributed by atoms with Crippen LogP contribution in [0.2, 0.25) is 0 Å². The minimum Gasteiger partial charge on any atom is -0.368 e. The van der Waals surface area contributed by atoms with Crippen molar-refractivity contribution < 1.29 is 13.6 Å². The topological polar surface area (TPSA) is 46.3 Å². The fourth-order valence-corrected chi connectivity index (χ4v) is 2.34. The molecule has 1 aliphatic heterocycles. The first-order valence-electron chi connectivity index (χ1n) is 5.43. The molecule has 1 aromatic rings. The first-order chi connectivity index (χ1) is 7.99. The van der Waals surface area contributed by atoms with E-state index in [1.54, 1.807) is 13.1 Å². The van der Waals surface area contributed by atoms with Crippen molar-refractivity contribution in [2.75, 3.05) is 13.6 Å². The number of hydrogen-bond donors (Lipinski definition) is 1. The SMILES string of the molecule is CN1CC(c2ccc(F)c(F)c2)CC1C(N)=O. The lowest BCUT2D eigenvalue weighted by Gasteiger charge is -2.14. The number of primary amides is 1. The van der Waals surface area contributed by atoms with Crippen molar-refractivity contribution in [3.63, 3.8) is 0 Å². The second-order valence-electron chi connectivity index (χ2n) is 4.46. The molecule has 2 unspecified atom stereocenters. The smallest absolute Gasteiger partial charge is 0.234 e. The van der Waals surface area contributed by atoms with E-state index in [2.05, 4.69) is 0 Å². The highest BCUT2D eigenvalue weighted by atomic mass is 19.2. The van der Waals surface area contributed by atoms with E-state index < -0.39 is 11.6 Å². The van der Waals surface area contributed by atoms with E-state index in [1.165, 1.54) is 6.07 Å². The van der Waals surface area contributed by atoms with Crippen molar-refractivity contribution in [1.82, 2.24) is 4.90 Å². The summed E-state index contributed by atoms with van der Waals surface area (Å²) in [5.74, 6) is -2.07. The Morgan fingerprint density at radius 1 is 1.41 bits per heavy atom. The van der Waals surface area contributed by atoms with Gasteiger partial charge in [0.1, 0.15) is 0 Å². The Morgan fingerprint density at radius 3 is 2.65 bits per heavy atom. The fraction of sp³-hybridized carbons (Fsp3) is 0.417. The lowest BCUT2D eigenvalue weighted by Crippen LogP contribution is -2.37. The second-order valence-corrected chi connectivity index (χ2v) is 4.46.